The van der Waals surface area contributed by atoms with Crippen LogP contribution in [0, 0.1) is 18.6 Å². The van der Waals surface area contributed by atoms with Crippen molar-refractivity contribution in [2.75, 3.05) is 11.9 Å². The topological polar surface area (TPSA) is 36.9 Å². The molecule has 1 aliphatic rings. The molecule has 0 aliphatic heterocycles. The van der Waals surface area contributed by atoms with Crippen molar-refractivity contribution in [1.29, 1.82) is 0 Å². The Kier molecular flexibility index (Phi) is 3.85. The third-order valence-electron chi connectivity index (χ3n) is 4.27. The van der Waals surface area contributed by atoms with Crippen LogP contribution in [0.3, 0.4) is 0 Å². The normalized spacial score (nSPS) is 15.6. The molecule has 2 aromatic rings. The van der Waals surface area contributed by atoms with Gasteiger partial charge >= 0.3 is 0 Å². The number of anilines is 2. The fourth-order valence-electron chi connectivity index (χ4n) is 3.28. The highest BCUT2D eigenvalue weighted by molar-refractivity contribution is 7.71. The van der Waals surface area contributed by atoms with Crippen LogP contribution in [-0.2, 0) is 0 Å². The van der Waals surface area contributed by atoms with Crippen molar-refractivity contribution in [3.8, 4) is 0 Å². The second-order valence-corrected chi connectivity index (χ2v) is 6.43. The molecule has 4 nitrogen and oxygen atoms in total. The molecule has 1 aromatic heterocycles. The fraction of sp³-hybridized carbons (Fsp3) is 0.500. The zero-order valence-corrected chi connectivity index (χ0v) is 13.7. The largest absolute Gasteiger partial charge is 0.314 e. The lowest BCUT2D eigenvalue weighted by atomic mass is 10.1. The van der Waals surface area contributed by atoms with Crippen LogP contribution in [0.1, 0.15) is 42.9 Å². The molecule has 1 aromatic carbocycles. The number of hydrogen-bond acceptors (Lipinski definition) is 3. The van der Waals surface area contributed by atoms with Crippen LogP contribution in [0.15, 0.2) is 18.2 Å². The lowest BCUT2D eigenvalue weighted by molar-refractivity contribution is 0.513. The summed E-state index contributed by atoms with van der Waals surface area (Å²) in [4.78, 5) is 2.13. The Labute approximate surface area is 130 Å². The molecule has 0 unspecified atom stereocenters. The molecule has 0 atom stereocenters. The predicted octanol–water partition coefficient (Wildman–Crippen LogP) is 4.44. The number of H-pyrrole nitrogens is 1. The number of aromatic nitrogens is 3. The van der Waals surface area contributed by atoms with Gasteiger partial charge in [-0.05, 0) is 62.2 Å². The van der Waals surface area contributed by atoms with Crippen molar-refractivity contribution in [2.45, 2.75) is 45.6 Å². The maximum atomic E-state index is 5.45. The first-order valence-corrected chi connectivity index (χ1v) is 7.96. The second kappa shape index (κ2) is 5.64. The molecule has 0 saturated heterocycles. The molecular formula is C16H22N4S. The van der Waals surface area contributed by atoms with E-state index in [-0.39, 0.29) is 0 Å². The maximum Gasteiger partial charge on any atom is 0.230 e. The van der Waals surface area contributed by atoms with E-state index in [1.165, 1.54) is 36.8 Å². The number of nitrogens with zero attached hydrogens (tertiary/aromatic N) is 3. The molecule has 5 heteroatoms. The molecule has 1 heterocycles. The number of aryl methyl sites for hydroxylation is 2. The summed E-state index contributed by atoms with van der Waals surface area (Å²) < 4.78 is 2.92. The summed E-state index contributed by atoms with van der Waals surface area (Å²) in [6.07, 6.45) is 4.96. The summed E-state index contributed by atoms with van der Waals surface area (Å²) in [5.41, 5.74) is 3.68. The van der Waals surface area contributed by atoms with Crippen LogP contribution >= 0.6 is 12.2 Å². The monoisotopic (exact) mass is 302 g/mol. The Hall–Kier alpha value is -1.62. The van der Waals surface area contributed by atoms with Gasteiger partial charge in [0.05, 0.1) is 0 Å². The van der Waals surface area contributed by atoms with Gasteiger partial charge in [-0.2, -0.15) is 0 Å². The van der Waals surface area contributed by atoms with Gasteiger partial charge < -0.3 is 4.90 Å². The van der Waals surface area contributed by atoms with Crippen molar-refractivity contribution >= 4 is 23.9 Å². The first-order valence-electron chi connectivity index (χ1n) is 7.55. The molecule has 0 amide bonds. The molecule has 1 fully saturated rings. The quantitative estimate of drug-likeness (QED) is 0.852. The second-order valence-electron chi connectivity index (χ2n) is 6.04. The number of aromatic amines is 1. The van der Waals surface area contributed by atoms with Crippen molar-refractivity contribution in [2.24, 2.45) is 0 Å². The Balaban J connectivity index is 2.01. The van der Waals surface area contributed by atoms with Gasteiger partial charge in [0.2, 0.25) is 5.95 Å². The first-order chi connectivity index (χ1) is 10.1. The Bertz CT molecular complexity index is 674. The Morgan fingerprint density at radius 2 is 1.81 bits per heavy atom. The maximum absolute atomic E-state index is 5.45. The first kappa shape index (κ1) is 14.3. The average molecular weight is 302 g/mol. The summed E-state index contributed by atoms with van der Waals surface area (Å²) in [5, 5.41) is 7.44. The molecule has 0 bridgehead atoms. The van der Waals surface area contributed by atoms with Crippen LogP contribution in [0.4, 0.5) is 11.6 Å². The Morgan fingerprint density at radius 3 is 2.43 bits per heavy atom. The zero-order valence-electron chi connectivity index (χ0n) is 12.9. The lowest BCUT2D eigenvalue weighted by Crippen LogP contribution is -2.18. The highest BCUT2D eigenvalue weighted by Crippen LogP contribution is 2.34. The van der Waals surface area contributed by atoms with Gasteiger partial charge in [0.25, 0.3) is 0 Å². The van der Waals surface area contributed by atoms with Crippen LogP contribution in [0.5, 0.6) is 0 Å². The van der Waals surface area contributed by atoms with Crippen molar-refractivity contribution in [3.63, 3.8) is 0 Å². The number of benzene rings is 1. The minimum Gasteiger partial charge on any atom is -0.314 e. The zero-order chi connectivity index (χ0) is 15.0. The number of rotatable bonds is 3. The molecule has 3 rings (SSSR count). The van der Waals surface area contributed by atoms with E-state index >= 15 is 0 Å². The van der Waals surface area contributed by atoms with Gasteiger partial charge in [-0.3, -0.25) is 4.57 Å². The summed E-state index contributed by atoms with van der Waals surface area (Å²) >= 11 is 5.45. The van der Waals surface area contributed by atoms with E-state index in [0.717, 1.165) is 16.4 Å². The van der Waals surface area contributed by atoms with Gasteiger partial charge in [0.1, 0.15) is 0 Å². The van der Waals surface area contributed by atoms with Gasteiger partial charge in [-0.15, -0.1) is 5.10 Å². The summed E-state index contributed by atoms with van der Waals surface area (Å²) in [6.45, 7) is 4.25. The summed E-state index contributed by atoms with van der Waals surface area (Å²) in [7, 11) is 2.06. The van der Waals surface area contributed by atoms with Crippen LogP contribution in [0.25, 0.3) is 0 Å². The van der Waals surface area contributed by atoms with E-state index in [4.69, 9.17) is 12.2 Å². The molecule has 1 aliphatic carbocycles. The summed E-state index contributed by atoms with van der Waals surface area (Å²) in [5.74, 6) is 0.914. The van der Waals surface area contributed by atoms with Gasteiger partial charge in [0.15, 0.2) is 4.77 Å². The third-order valence-corrected chi connectivity index (χ3v) is 4.56. The molecule has 1 saturated carbocycles. The molecule has 0 spiro atoms. The van der Waals surface area contributed by atoms with E-state index < -0.39 is 0 Å². The van der Waals surface area contributed by atoms with Gasteiger partial charge in [0, 0.05) is 18.8 Å². The SMILES string of the molecule is Cc1cc(C)cc(N(C)c2n[nH]c(=S)n2C2CCCC2)c1. The smallest absolute Gasteiger partial charge is 0.230 e. The Morgan fingerprint density at radius 1 is 1.19 bits per heavy atom. The summed E-state index contributed by atoms with van der Waals surface area (Å²) in [6, 6.07) is 7.04. The van der Waals surface area contributed by atoms with E-state index in [1.807, 2.05) is 0 Å². The highest BCUT2D eigenvalue weighted by Gasteiger charge is 2.23. The minimum atomic E-state index is 0.486. The van der Waals surface area contributed by atoms with Crippen LogP contribution < -0.4 is 4.90 Å². The van der Waals surface area contributed by atoms with E-state index in [2.05, 4.69) is 58.8 Å². The van der Waals surface area contributed by atoms with Crippen molar-refractivity contribution in [1.82, 2.24) is 14.8 Å². The molecule has 0 radical (unpaired) electrons. The predicted molar refractivity (Wildman–Crippen MR) is 88.9 cm³/mol. The van der Waals surface area contributed by atoms with Crippen molar-refractivity contribution < 1.29 is 0 Å². The molecule has 112 valence electrons. The average Bonchev–Trinajstić information content (AvgIpc) is 3.05. The standard InChI is InChI=1S/C16H22N4S/c1-11-8-12(2)10-14(9-11)19(3)15-17-18-16(21)20(15)13-6-4-5-7-13/h8-10,13H,4-7H2,1-3H3,(H,18,21). The fourth-order valence-corrected chi connectivity index (χ4v) is 3.56. The van der Waals surface area contributed by atoms with Gasteiger partial charge in [-0.1, -0.05) is 18.9 Å². The molecule has 21 heavy (non-hydrogen) atoms. The van der Waals surface area contributed by atoms with Crippen LogP contribution in [-0.4, -0.2) is 21.8 Å². The van der Waals surface area contributed by atoms with Crippen LogP contribution in [0.2, 0.25) is 0 Å². The molecule has 1 N–H and O–H groups in total. The number of nitrogens with one attached hydrogen (secondary N) is 1. The van der Waals surface area contributed by atoms with E-state index in [0.29, 0.717) is 6.04 Å². The molecular weight excluding hydrogens is 280 g/mol. The highest BCUT2D eigenvalue weighted by atomic mass is 32.1. The van der Waals surface area contributed by atoms with Crippen molar-refractivity contribution in [3.05, 3.63) is 34.1 Å². The van der Waals surface area contributed by atoms with Gasteiger partial charge in [-0.25, -0.2) is 5.10 Å². The third kappa shape index (κ3) is 2.75. The minimum absolute atomic E-state index is 0.486. The number of hydrogen-bond donors (Lipinski definition) is 1. The lowest BCUT2D eigenvalue weighted by Gasteiger charge is -2.22. The van der Waals surface area contributed by atoms with E-state index in [9.17, 15) is 0 Å². The van der Waals surface area contributed by atoms with E-state index in [1.54, 1.807) is 0 Å².